The van der Waals surface area contributed by atoms with Gasteiger partial charge in [0.1, 0.15) is 5.82 Å². The van der Waals surface area contributed by atoms with Crippen molar-refractivity contribution >= 4 is 15.9 Å². The molecule has 2 heteroatoms. The monoisotopic (exact) mass is 228 g/mol. The van der Waals surface area contributed by atoms with Crippen LogP contribution in [0.2, 0.25) is 0 Å². The van der Waals surface area contributed by atoms with Crippen molar-refractivity contribution in [3.8, 4) is 0 Å². The molecule has 1 atom stereocenters. The molecular formula is C10H10BrF. The summed E-state index contributed by atoms with van der Waals surface area (Å²) in [5.41, 5.74) is 1.07. The highest BCUT2D eigenvalue weighted by Gasteiger charge is 2.03. The van der Waals surface area contributed by atoms with Gasteiger partial charge in [-0.1, -0.05) is 19.1 Å². The van der Waals surface area contributed by atoms with Crippen LogP contribution in [0.15, 0.2) is 35.3 Å². The molecule has 0 N–H and O–H groups in total. The zero-order chi connectivity index (χ0) is 9.14. The maximum atomic E-state index is 12.8. The van der Waals surface area contributed by atoms with Crippen LogP contribution in [0.25, 0.3) is 0 Å². The van der Waals surface area contributed by atoms with E-state index in [0.29, 0.717) is 4.47 Å². The molecule has 12 heavy (non-hydrogen) atoms. The minimum absolute atomic E-state index is 0.227. The van der Waals surface area contributed by atoms with E-state index in [2.05, 4.69) is 22.5 Å². The molecule has 1 aromatic rings. The number of benzene rings is 1. The van der Waals surface area contributed by atoms with Gasteiger partial charge >= 0.3 is 0 Å². The zero-order valence-corrected chi connectivity index (χ0v) is 8.44. The second-order valence-corrected chi connectivity index (χ2v) is 3.55. The van der Waals surface area contributed by atoms with E-state index in [9.17, 15) is 4.39 Å². The fraction of sp³-hybridized carbons (Fsp3) is 0.200. The molecule has 1 unspecified atom stereocenters. The predicted octanol–water partition coefficient (Wildman–Crippen LogP) is 3.88. The van der Waals surface area contributed by atoms with Crippen LogP contribution >= 0.6 is 15.9 Å². The summed E-state index contributed by atoms with van der Waals surface area (Å²) in [5.74, 6) is 0.0388. The topological polar surface area (TPSA) is 0 Å². The van der Waals surface area contributed by atoms with Gasteiger partial charge in [-0.2, -0.15) is 0 Å². The number of hydrogen-bond donors (Lipinski definition) is 0. The zero-order valence-electron chi connectivity index (χ0n) is 6.85. The fourth-order valence-corrected chi connectivity index (χ4v) is 1.33. The van der Waals surface area contributed by atoms with E-state index in [1.54, 1.807) is 12.1 Å². The fourth-order valence-electron chi connectivity index (χ4n) is 0.932. The van der Waals surface area contributed by atoms with E-state index < -0.39 is 0 Å². The summed E-state index contributed by atoms with van der Waals surface area (Å²) in [6, 6.07) is 5.01. The van der Waals surface area contributed by atoms with Crippen molar-refractivity contribution < 1.29 is 4.39 Å². The maximum absolute atomic E-state index is 12.8. The first-order valence-electron chi connectivity index (χ1n) is 3.72. The van der Waals surface area contributed by atoms with Crippen molar-refractivity contribution in [2.75, 3.05) is 0 Å². The standard InChI is InChI=1S/C10H10BrF/c1-3-7(2)8-4-5-10(12)9(11)6-8/h3-7H,1H2,2H3. The van der Waals surface area contributed by atoms with E-state index in [0.717, 1.165) is 5.56 Å². The van der Waals surface area contributed by atoms with Crippen molar-refractivity contribution in [3.63, 3.8) is 0 Å². The summed E-state index contributed by atoms with van der Waals surface area (Å²) >= 11 is 3.13. The highest BCUT2D eigenvalue weighted by Crippen LogP contribution is 2.22. The third-order valence-corrected chi connectivity index (χ3v) is 2.43. The first-order valence-corrected chi connectivity index (χ1v) is 4.52. The average molecular weight is 229 g/mol. The van der Waals surface area contributed by atoms with Crippen molar-refractivity contribution in [3.05, 3.63) is 46.7 Å². The lowest BCUT2D eigenvalue weighted by molar-refractivity contribution is 0.620. The lowest BCUT2D eigenvalue weighted by Gasteiger charge is -2.06. The highest BCUT2D eigenvalue weighted by atomic mass is 79.9. The number of rotatable bonds is 2. The molecule has 0 nitrogen and oxygen atoms in total. The molecule has 0 fully saturated rings. The van der Waals surface area contributed by atoms with E-state index >= 15 is 0 Å². The molecule has 0 saturated heterocycles. The van der Waals surface area contributed by atoms with E-state index in [1.807, 2.05) is 13.0 Å². The molecule has 1 rings (SSSR count). The van der Waals surface area contributed by atoms with E-state index in [-0.39, 0.29) is 11.7 Å². The Balaban J connectivity index is 3.04. The van der Waals surface area contributed by atoms with Gasteiger partial charge in [-0.05, 0) is 39.5 Å². The summed E-state index contributed by atoms with van der Waals surface area (Å²) in [7, 11) is 0. The quantitative estimate of drug-likeness (QED) is 0.675. The summed E-state index contributed by atoms with van der Waals surface area (Å²) in [5, 5.41) is 0. The molecule has 64 valence electrons. The third kappa shape index (κ3) is 1.95. The first kappa shape index (κ1) is 9.46. The Labute approximate surface area is 80.2 Å². The van der Waals surface area contributed by atoms with Gasteiger partial charge in [0, 0.05) is 0 Å². The van der Waals surface area contributed by atoms with Crippen molar-refractivity contribution in [1.29, 1.82) is 0 Å². The van der Waals surface area contributed by atoms with Crippen LogP contribution in [0.1, 0.15) is 18.4 Å². The Morgan fingerprint density at radius 3 is 2.75 bits per heavy atom. The molecule has 0 bridgehead atoms. The molecule has 0 saturated carbocycles. The van der Waals surface area contributed by atoms with Gasteiger partial charge in [-0.25, -0.2) is 4.39 Å². The normalized spacial score (nSPS) is 12.6. The van der Waals surface area contributed by atoms with Gasteiger partial charge in [-0.3, -0.25) is 0 Å². The minimum atomic E-state index is -0.227. The van der Waals surface area contributed by atoms with Crippen LogP contribution in [0.4, 0.5) is 4.39 Å². The molecule has 0 heterocycles. The Morgan fingerprint density at radius 1 is 1.58 bits per heavy atom. The van der Waals surface area contributed by atoms with Crippen molar-refractivity contribution in [1.82, 2.24) is 0 Å². The molecule has 1 aromatic carbocycles. The van der Waals surface area contributed by atoms with Crippen LogP contribution in [0, 0.1) is 5.82 Å². The lowest BCUT2D eigenvalue weighted by Crippen LogP contribution is -1.89. The smallest absolute Gasteiger partial charge is 0.137 e. The Kier molecular flexibility index (Phi) is 3.04. The van der Waals surface area contributed by atoms with Gasteiger partial charge < -0.3 is 0 Å². The SMILES string of the molecule is C=CC(C)c1ccc(F)c(Br)c1. The van der Waals surface area contributed by atoms with Crippen molar-refractivity contribution in [2.24, 2.45) is 0 Å². The third-order valence-electron chi connectivity index (χ3n) is 1.82. The maximum Gasteiger partial charge on any atom is 0.137 e. The minimum Gasteiger partial charge on any atom is -0.206 e. The Morgan fingerprint density at radius 2 is 2.25 bits per heavy atom. The van der Waals surface area contributed by atoms with Gasteiger partial charge in [0.25, 0.3) is 0 Å². The highest BCUT2D eigenvalue weighted by molar-refractivity contribution is 9.10. The average Bonchev–Trinajstić information content (AvgIpc) is 2.08. The van der Waals surface area contributed by atoms with Gasteiger partial charge in [-0.15, -0.1) is 6.58 Å². The lowest BCUT2D eigenvalue weighted by atomic mass is 10.0. The molecule has 0 aliphatic rings. The molecular weight excluding hydrogens is 219 g/mol. The summed E-state index contributed by atoms with van der Waals surface area (Å²) in [4.78, 5) is 0. The van der Waals surface area contributed by atoms with Gasteiger partial charge in [0.2, 0.25) is 0 Å². The summed E-state index contributed by atoms with van der Waals surface area (Å²) in [6.07, 6.45) is 1.83. The van der Waals surface area contributed by atoms with Crippen LogP contribution in [-0.2, 0) is 0 Å². The molecule has 0 spiro atoms. The molecule has 0 radical (unpaired) electrons. The van der Waals surface area contributed by atoms with Gasteiger partial charge in [0.05, 0.1) is 4.47 Å². The summed E-state index contributed by atoms with van der Waals surface area (Å²) in [6.45, 7) is 5.70. The van der Waals surface area contributed by atoms with Gasteiger partial charge in [0.15, 0.2) is 0 Å². The molecule has 0 amide bonds. The van der Waals surface area contributed by atoms with Crippen LogP contribution in [-0.4, -0.2) is 0 Å². The van der Waals surface area contributed by atoms with E-state index in [4.69, 9.17) is 0 Å². The van der Waals surface area contributed by atoms with Crippen molar-refractivity contribution in [2.45, 2.75) is 12.8 Å². The number of halogens is 2. The molecule has 0 aliphatic heterocycles. The summed E-state index contributed by atoms with van der Waals surface area (Å²) < 4.78 is 13.3. The Bertz CT molecular complexity index is 294. The molecule has 0 aromatic heterocycles. The van der Waals surface area contributed by atoms with Crippen LogP contribution in [0.5, 0.6) is 0 Å². The van der Waals surface area contributed by atoms with Crippen LogP contribution < -0.4 is 0 Å². The predicted molar refractivity (Wildman–Crippen MR) is 52.7 cm³/mol. The molecule has 0 aliphatic carbocycles. The van der Waals surface area contributed by atoms with E-state index in [1.165, 1.54) is 6.07 Å². The second kappa shape index (κ2) is 3.85. The van der Waals surface area contributed by atoms with Crippen LogP contribution in [0.3, 0.4) is 0 Å². The number of allylic oxidation sites excluding steroid dienone is 1. The largest absolute Gasteiger partial charge is 0.206 e. The second-order valence-electron chi connectivity index (χ2n) is 2.70. The first-order chi connectivity index (χ1) is 5.65. The number of hydrogen-bond acceptors (Lipinski definition) is 0. The Hall–Kier alpha value is -0.630.